The molecule has 0 aromatic carbocycles. The van der Waals surface area contributed by atoms with Crippen molar-refractivity contribution in [3.05, 3.63) is 0 Å². The highest BCUT2D eigenvalue weighted by Crippen LogP contribution is 2.30. The van der Waals surface area contributed by atoms with E-state index in [4.69, 9.17) is 23.2 Å². The number of hydrogen-bond acceptors (Lipinski definition) is 2. The first-order valence-electron chi connectivity index (χ1n) is 4.19. The fraction of sp³-hybridized carbons (Fsp3) is 1.00. The fourth-order valence-corrected chi connectivity index (χ4v) is 2.67. The molecule has 0 aliphatic rings. The highest BCUT2D eigenvalue weighted by Gasteiger charge is 2.27. The van der Waals surface area contributed by atoms with Crippen LogP contribution < -0.4 is 0 Å². The smallest absolute Gasteiger partial charge is 0.147 e. The molecule has 0 radical (unpaired) electrons. The lowest BCUT2D eigenvalue weighted by Gasteiger charge is -2.27. The van der Waals surface area contributed by atoms with Crippen LogP contribution in [-0.2, 0) is 9.84 Å². The van der Waals surface area contributed by atoms with E-state index in [1.54, 1.807) is 0 Å². The summed E-state index contributed by atoms with van der Waals surface area (Å²) >= 11 is 11.5. The van der Waals surface area contributed by atoms with Crippen LogP contribution in [0.15, 0.2) is 0 Å². The maximum atomic E-state index is 10.9. The van der Waals surface area contributed by atoms with E-state index in [0.29, 0.717) is 18.2 Å². The lowest BCUT2D eigenvalue weighted by molar-refractivity contribution is 0.351. The van der Waals surface area contributed by atoms with E-state index in [2.05, 4.69) is 0 Å². The quantitative estimate of drug-likeness (QED) is 0.675. The second kappa shape index (κ2) is 5.42. The van der Waals surface area contributed by atoms with Crippen LogP contribution in [0.4, 0.5) is 0 Å². The van der Waals surface area contributed by atoms with Gasteiger partial charge in [-0.1, -0.05) is 6.92 Å². The van der Waals surface area contributed by atoms with Gasteiger partial charge in [0.1, 0.15) is 9.84 Å². The molecule has 0 saturated heterocycles. The van der Waals surface area contributed by atoms with Crippen LogP contribution >= 0.6 is 23.2 Å². The molecule has 0 aromatic heterocycles. The molecule has 0 rings (SSSR count). The number of sulfone groups is 1. The predicted molar refractivity (Wildman–Crippen MR) is 58.5 cm³/mol. The van der Waals surface area contributed by atoms with E-state index in [1.807, 2.05) is 6.92 Å². The summed E-state index contributed by atoms with van der Waals surface area (Å²) in [5.74, 6) is 1.01. The monoisotopic (exact) mass is 246 g/mol. The van der Waals surface area contributed by atoms with Crippen molar-refractivity contribution in [2.75, 3.05) is 23.8 Å². The van der Waals surface area contributed by atoms with Crippen LogP contribution in [0, 0.1) is 5.41 Å². The Kier molecular flexibility index (Phi) is 5.64. The Bertz CT molecular complexity index is 224. The molecule has 5 heteroatoms. The SMILES string of the molecule is CCC(CCl)(CCl)CCS(C)(=O)=O. The molecule has 0 aliphatic heterocycles. The maximum absolute atomic E-state index is 10.9. The van der Waals surface area contributed by atoms with Crippen molar-refractivity contribution in [3.63, 3.8) is 0 Å². The van der Waals surface area contributed by atoms with Gasteiger partial charge < -0.3 is 0 Å². The first kappa shape index (κ1) is 13.5. The van der Waals surface area contributed by atoms with Crippen molar-refractivity contribution in [2.45, 2.75) is 19.8 Å². The summed E-state index contributed by atoms with van der Waals surface area (Å²) in [5.41, 5.74) is -0.216. The van der Waals surface area contributed by atoms with Gasteiger partial charge in [-0.05, 0) is 18.3 Å². The largest absolute Gasteiger partial charge is 0.229 e. The molecule has 0 saturated carbocycles. The Morgan fingerprint density at radius 1 is 1.23 bits per heavy atom. The summed E-state index contributed by atoms with van der Waals surface area (Å²) in [6.45, 7) is 1.98. The molecule has 0 aliphatic carbocycles. The standard InChI is InChI=1S/C8H16Cl2O2S/c1-3-8(6-9,7-10)4-5-13(2,11)12/h3-7H2,1-2H3. The minimum absolute atomic E-state index is 0.167. The Labute approximate surface area is 90.5 Å². The maximum Gasteiger partial charge on any atom is 0.147 e. The van der Waals surface area contributed by atoms with Gasteiger partial charge in [0.25, 0.3) is 0 Å². The summed E-state index contributed by atoms with van der Waals surface area (Å²) < 4.78 is 21.9. The number of rotatable bonds is 6. The van der Waals surface area contributed by atoms with Crippen LogP contribution in [0.3, 0.4) is 0 Å². The average Bonchev–Trinajstić information content (AvgIpc) is 2.06. The molecule has 0 N–H and O–H groups in total. The molecule has 0 atom stereocenters. The second-order valence-electron chi connectivity index (χ2n) is 3.50. The molecule has 13 heavy (non-hydrogen) atoms. The Balaban J connectivity index is 4.27. The third-order valence-corrected chi connectivity index (χ3v) is 4.40. The Hall–Kier alpha value is 0.530. The lowest BCUT2D eigenvalue weighted by atomic mass is 9.87. The molecule has 0 bridgehead atoms. The van der Waals surface area contributed by atoms with Gasteiger partial charge in [-0.15, -0.1) is 23.2 Å². The molecular formula is C8H16Cl2O2S. The first-order chi connectivity index (χ1) is 5.89. The number of halogens is 2. The molecule has 0 unspecified atom stereocenters. The van der Waals surface area contributed by atoms with Crippen molar-refractivity contribution < 1.29 is 8.42 Å². The first-order valence-corrected chi connectivity index (χ1v) is 7.32. The zero-order valence-corrected chi connectivity index (χ0v) is 10.3. The second-order valence-corrected chi connectivity index (χ2v) is 6.29. The predicted octanol–water partition coefficient (Wildman–Crippen LogP) is 2.30. The highest BCUT2D eigenvalue weighted by molar-refractivity contribution is 7.90. The van der Waals surface area contributed by atoms with Gasteiger partial charge >= 0.3 is 0 Å². The van der Waals surface area contributed by atoms with Crippen molar-refractivity contribution >= 4 is 33.0 Å². The number of hydrogen-bond donors (Lipinski definition) is 0. The Morgan fingerprint density at radius 3 is 1.92 bits per heavy atom. The van der Waals surface area contributed by atoms with Crippen LogP contribution in [-0.4, -0.2) is 32.2 Å². The molecule has 2 nitrogen and oxygen atoms in total. The van der Waals surface area contributed by atoms with Gasteiger partial charge in [0, 0.05) is 18.0 Å². The van der Waals surface area contributed by atoms with E-state index < -0.39 is 9.84 Å². The van der Waals surface area contributed by atoms with Crippen molar-refractivity contribution in [3.8, 4) is 0 Å². The van der Waals surface area contributed by atoms with Gasteiger partial charge in [0.05, 0.1) is 5.75 Å². The van der Waals surface area contributed by atoms with Crippen molar-refractivity contribution in [1.29, 1.82) is 0 Å². The minimum Gasteiger partial charge on any atom is -0.229 e. The van der Waals surface area contributed by atoms with Crippen LogP contribution in [0.25, 0.3) is 0 Å². The van der Waals surface area contributed by atoms with E-state index in [1.165, 1.54) is 6.26 Å². The molecule has 0 aromatic rings. The summed E-state index contributed by atoms with van der Waals surface area (Å²) in [6, 6.07) is 0. The molecule has 80 valence electrons. The van der Waals surface area contributed by atoms with E-state index >= 15 is 0 Å². The van der Waals surface area contributed by atoms with Gasteiger partial charge in [0.15, 0.2) is 0 Å². The molecule has 0 heterocycles. The summed E-state index contributed by atoms with van der Waals surface area (Å²) in [4.78, 5) is 0. The molecular weight excluding hydrogens is 231 g/mol. The van der Waals surface area contributed by atoms with Gasteiger partial charge in [-0.3, -0.25) is 0 Å². The summed E-state index contributed by atoms with van der Waals surface area (Å²) in [7, 11) is -2.90. The third kappa shape index (κ3) is 5.08. The third-order valence-electron chi connectivity index (χ3n) is 2.32. The van der Waals surface area contributed by atoms with E-state index in [0.717, 1.165) is 6.42 Å². The zero-order chi connectivity index (χ0) is 10.5. The minimum atomic E-state index is -2.90. The molecule has 0 fully saturated rings. The van der Waals surface area contributed by atoms with Gasteiger partial charge in [0.2, 0.25) is 0 Å². The van der Waals surface area contributed by atoms with E-state index in [9.17, 15) is 8.42 Å². The average molecular weight is 247 g/mol. The van der Waals surface area contributed by atoms with Crippen molar-refractivity contribution in [1.82, 2.24) is 0 Å². The molecule has 0 spiro atoms. The normalized spacial score (nSPS) is 13.2. The van der Waals surface area contributed by atoms with Crippen LogP contribution in [0.1, 0.15) is 19.8 Å². The molecule has 0 amide bonds. The van der Waals surface area contributed by atoms with Crippen molar-refractivity contribution in [2.24, 2.45) is 5.41 Å². The highest BCUT2D eigenvalue weighted by atomic mass is 35.5. The van der Waals surface area contributed by atoms with Crippen LogP contribution in [0.5, 0.6) is 0 Å². The number of alkyl halides is 2. The van der Waals surface area contributed by atoms with Gasteiger partial charge in [-0.25, -0.2) is 8.42 Å². The topological polar surface area (TPSA) is 34.1 Å². The Morgan fingerprint density at radius 2 is 1.69 bits per heavy atom. The van der Waals surface area contributed by atoms with Gasteiger partial charge in [-0.2, -0.15) is 0 Å². The lowest BCUT2D eigenvalue weighted by Crippen LogP contribution is -2.27. The zero-order valence-electron chi connectivity index (χ0n) is 8.02. The van der Waals surface area contributed by atoms with E-state index in [-0.39, 0.29) is 11.2 Å². The van der Waals surface area contributed by atoms with Crippen LogP contribution in [0.2, 0.25) is 0 Å². The summed E-state index contributed by atoms with van der Waals surface area (Å²) in [5, 5.41) is 0. The fourth-order valence-electron chi connectivity index (χ4n) is 0.937. The summed E-state index contributed by atoms with van der Waals surface area (Å²) in [6.07, 6.45) is 2.60.